The lowest BCUT2D eigenvalue weighted by atomic mass is 9.97. The van der Waals surface area contributed by atoms with Gasteiger partial charge in [0, 0.05) is 6.42 Å². The van der Waals surface area contributed by atoms with Crippen molar-refractivity contribution in [3.05, 3.63) is 0 Å². The Bertz CT molecular complexity index is 430. The summed E-state index contributed by atoms with van der Waals surface area (Å²) in [6, 6.07) is -0.446. The predicted octanol–water partition coefficient (Wildman–Crippen LogP) is 2.15. The standard InChI is InChI=1S/C15H25NO5/c1-14(2,3)12(18)20-9-10-7-11(17)8-16(10)13(19)21-15(4,5)6/h10H,7-9H2,1-6H3/t10-/m0/s1. The molecule has 0 aromatic heterocycles. The van der Waals surface area contributed by atoms with Crippen LogP contribution >= 0.6 is 0 Å². The Balaban J connectivity index is 2.65. The summed E-state index contributed by atoms with van der Waals surface area (Å²) in [5, 5.41) is 0. The second kappa shape index (κ2) is 6.03. The fourth-order valence-electron chi connectivity index (χ4n) is 1.83. The van der Waals surface area contributed by atoms with Gasteiger partial charge in [-0.05, 0) is 41.5 Å². The van der Waals surface area contributed by atoms with Crippen molar-refractivity contribution in [2.45, 2.75) is 59.6 Å². The lowest BCUT2D eigenvalue weighted by Gasteiger charge is -2.28. The lowest BCUT2D eigenvalue weighted by molar-refractivity contribution is -0.154. The fraction of sp³-hybridized carbons (Fsp3) is 0.800. The number of hydrogen-bond acceptors (Lipinski definition) is 5. The van der Waals surface area contributed by atoms with E-state index in [9.17, 15) is 14.4 Å². The largest absolute Gasteiger partial charge is 0.463 e. The van der Waals surface area contributed by atoms with E-state index in [1.54, 1.807) is 41.5 Å². The van der Waals surface area contributed by atoms with Crippen LogP contribution in [0.2, 0.25) is 0 Å². The summed E-state index contributed by atoms with van der Waals surface area (Å²) in [7, 11) is 0. The molecular formula is C15H25NO5. The van der Waals surface area contributed by atoms with Gasteiger partial charge in [-0.25, -0.2) is 4.79 Å². The van der Waals surface area contributed by atoms with Gasteiger partial charge in [0.15, 0.2) is 5.78 Å². The maximum absolute atomic E-state index is 12.1. The van der Waals surface area contributed by atoms with E-state index in [0.717, 1.165) is 0 Å². The van der Waals surface area contributed by atoms with Gasteiger partial charge in [0.2, 0.25) is 0 Å². The first kappa shape index (κ1) is 17.5. The molecule has 1 saturated heterocycles. The van der Waals surface area contributed by atoms with Gasteiger partial charge < -0.3 is 9.47 Å². The van der Waals surface area contributed by atoms with Crippen molar-refractivity contribution in [3.63, 3.8) is 0 Å². The number of likely N-dealkylation sites (tertiary alicyclic amines) is 1. The molecule has 1 aliphatic rings. The Hall–Kier alpha value is -1.59. The fourth-order valence-corrected chi connectivity index (χ4v) is 1.83. The molecule has 0 N–H and O–H groups in total. The van der Waals surface area contributed by atoms with Crippen LogP contribution in [-0.4, -0.2) is 47.5 Å². The van der Waals surface area contributed by atoms with E-state index in [-0.39, 0.29) is 31.3 Å². The third kappa shape index (κ3) is 5.36. The number of amides is 1. The van der Waals surface area contributed by atoms with Gasteiger partial charge in [0.1, 0.15) is 12.2 Å². The van der Waals surface area contributed by atoms with E-state index in [1.807, 2.05) is 0 Å². The summed E-state index contributed by atoms with van der Waals surface area (Å²) in [5.74, 6) is -0.413. The van der Waals surface area contributed by atoms with Gasteiger partial charge >= 0.3 is 12.1 Å². The van der Waals surface area contributed by atoms with E-state index in [2.05, 4.69) is 0 Å². The number of hydrogen-bond donors (Lipinski definition) is 0. The molecule has 21 heavy (non-hydrogen) atoms. The lowest BCUT2D eigenvalue weighted by Crippen LogP contribution is -2.42. The minimum Gasteiger partial charge on any atom is -0.463 e. The van der Waals surface area contributed by atoms with Crippen LogP contribution in [-0.2, 0) is 19.1 Å². The van der Waals surface area contributed by atoms with Gasteiger partial charge in [-0.2, -0.15) is 0 Å². The zero-order valence-electron chi connectivity index (χ0n) is 13.7. The molecule has 0 aromatic carbocycles. The highest BCUT2D eigenvalue weighted by atomic mass is 16.6. The summed E-state index contributed by atoms with van der Waals surface area (Å²) in [6.07, 6.45) is -0.360. The number of carbonyl (C=O) groups is 3. The van der Waals surface area contributed by atoms with E-state index >= 15 is 0 Å². The predicted molar refractivity (Wildman–Crippen MR) is 76.8 cm³/mol. The Morgan fingerprint density at radius 2 is 1.76 bits per heavy atom. The average molecular weight is 299 g/mol. The summed E-state index contributed by atoms with van der Waals surface area (Å²) in [4.78, 5) is 36.8. The van der Waals surface area contributed by atoms with Crippen LogP contribution < -0.4 is 0 Å². The smallest absolute Gasteiger partial charge is 0.411 e. The van der Waals surface area contributed by atoms with Gasteiger partial charge in [-0.3, -0.25) is 14.5 Å². The first-order valence-electron chi connectivity index (χ1n) is 7.09. The number of Topliss-reactive ketones (excluding diaryl/α,β-unsaturated/α-hetero) is 1. The molecule has 1 fully saturated rings. The van der Waals surface area contributed by atoms with Gasteiger partial charge in [-0.15, -0.1) is 0 Å². The van der Waals surface area contributed by atoms with Crippen LogP contribution in [0.4, 0.5) is 4.79 Å². The maximum Gasteiger partial charge on any atom is 0.411 e. The molecule has 0 bridgehead atoms. The molecule has 1 rings (SSSR count). The van der Waals surface area contributed by atoms with E-state index in [0.29, 0.717) is 0 Å². The van der Waals surface area contributed by atoms with Crippen molar-refractivity contribution in [2.75, 3.05) is 13.2 Å². The number of carbonyl (C=O) groups excluding carboxylic acids is 3. The molecule has 0 spiro atoms. The maximum atomic E-state index is 12.1. The molecule has 120 valence electrons. The van der Waals surface area contributed by atoms with Crippen LogP contribution in [0.5, 0.6) is 0 Å². The third-order valence-corrected chi connectivity index (χ3v) is 2.90. The van der Waals surface area contributed by atoms with E-state index in [1.165, 1.54) is 4.90 Å². The molecule has 6 heteroatoms. The molecule has 1 heterocycles. The van der Waals surface area contributed by atoms with Crippen molar-refractivity contribution >= 4 is 17.8 Å². The second-order valence-electron chi connectivity index (χ2n) is 7.35. The molecular weight excluding hydrogens is 274 g/mol. The van der Waals surface area contributed by atoms with Crippen LogP contribution in [0.25, 0.3) is 0 Å². The topological polar surface area (TPSA) is 72.9 Å². The zero-order valence-corrected chi connectivity index (χ0v) is 13.7. The number of rotatable bonds is 2. The molecule has 1 amide bonds. The van der Waals surface area contributed by atoms with Crippen LogP contribution in [0.3, 0.4) is 0 Å². The first-order chi connectivity index (χ1) is 9.40. The highest BCUT2D eigenvalue weighted by Crippen LogP contribution is 2.21. The van der Waals surface area contributed by atoms with Crippen LogP contribution in [0.15, 0.2) is 0 Å². The Labute approximate surface area is 125 Å². The number of nitrogens with zero attached hydrogens (tertiary/aromatic N) is 1. The SMILES string of the molecule is CC(C)(C)OC(=O)N1CC(=O)C[C@H]1COC(=O)C(C)(C)C. The minimum atomic E-state index is -0.630. The van der Waals surface area contributed by atoms with Crippen molar-refractivity contribution in [3.8, 4) is 0 Å². The molecule has 0 unspecified atom stereocenters. The van der Waals surface area contributed by atoms with Gasteiger partial charge in [0.05, 0.1) is 18.0 Å². The molecule has 0 radical (unpaired) electrons. The monoisotopic (exact) mass is 299 g/mol. The number of ketones is 1. The highest BCUT2D eigenvalue weighted by Gasteiger charge is 2.38. The normalized spacial score (nSPS) is 19.6. The van der Waals surface area contributed by atoms with Crippen molar-refractivity contribution < 1.29 is 23.9 Å². The summed E-state index contributed by atoms with van der Waals surface area (Å²) in [6.45, 7) is 10.6. The quantitative estimate of drug-likeness (QED) is 0.731. The van der Waals surface area contributed by atoms with Gasteiger partial charge in [0.25, 0.3) is 0 Å². The van der Waals surface area contributed by atoms with E-state index in [4.69, 9.17) is 9.47 Å². The summed E-state index contributed by atoms with van der Waals surface area (Å²) < 4.78 is 10.5. The first-order valence-corrected chi connectivity index (χ1v) is 7.09. The van der Waals surface area contributed by atoms with Crippen molar-refractivity contribution in [1.29, 1.82) is 0 Å². The zero-order chi connectivity index (χ0) is 16.4. The Morgan fingerprint density at radius 1 is 1.19 bits per heavy atom. The van der Waals surface area contributed by atoms with Crippen LogP contribution in [0, 0.1) is 5.41 Å². The molecule has 1 atom stereocenters. The van der Waals surface area contributed by atoms with Gasteiger partial charge in [-0.1, -0.05) is 0 Å². The summed E-state index contributed by atoms with van der Waals surface area (Å²) >= 11 is 0. The van der Waals surface area contributed by atoms with Crippen molar-refractivity contribution in [2.24, 2.45) is 5.41 Å². The Morgan fingerprint density at radius 3 is 2.24 bits per heavy atom. The number of ether oxygens (including phenoxy) is 2. The molecule has 6 nitrogen and oxygen atoms in total. The van der Waals surface area contributed by atoms with Crippen LogP contribution in [0.1, 0.15) is 48.0 Å². The third-order valence-electron chi connectivity index (χ3n) is 2.90. The van der Waals surface area contributed by atoms with Crippen molar-refractivity contribution in [1.82, 2.24) is 4.90 Å². The highest BCUT2D eigenvalue weighted by molar-refractivity contribution is 5.88. The molecule has 0 saturated carbocycles. The van der Waals surface area contributed by atoms with E-state index < -0.39 is 23.2 Å². The molecule has 1 aliphatic heterocycles. The molecule has 0 aromatic rings. The summed E-state index contributed by atoms with van der Waals surface area (Å²) in [5.41, 5.74) is -1.24. The second-order valence-corrected chi connectivity index (χ2v) is 7.35. The number of esters is 1. The minimum absolute atomic E-state index is 0.00660. The molecule has 0 aliphatic carbocycles. The Kier molecular flexibility index (Phi) is 5.02. The average Bonchev–Trinajstić information content (AvgIpc) is 2.63.